The number of carbonyl (C=O) groups is 1. The maximum Gasteiger partial charge on any atom is 0.345 e. The van der Waals surface area contributed by atoms with Crippen LogP contribution in [0.4, 0.5) is 23.2 Å². The summed E-state index contributed by atoms with van der Waals surface area (Å²) in [6, 6.07) is 8.38. The lowest BCUT2D eigenvalue weighted by atomic mass is 9.95. The van der Waals surface area contributed by atoms with Gasteiger partial charge < -0.3 is 14.8 Å². The molecule has 0 radical (unpaired) electrons. The lowest BCUT2D eigenvalue weighted by molar-refractivity contribution is -0.195. The number of rotatable bonds is 10. The Kier molecular flexibility index (Phi) is 23.9. The molecule has 2 fully saturated rings. The summed E-state index contributed by atoms with van der Waals surface area (Å²) in [6.07, 6.45) is 6.06. The third-order valence-corrected chi connectivity index (χ3v) is 9.02. The van der Waals surface area contributed by atoms with Crippen LogP contribution in [0.1, 0.15) is 80.6 Å². The summed E-state index contributed by atoms with van der Waals surface area (Å²) in [5, 5.41) is 2.63. The second-order valence-electron chi connectivity index (χ2n) is 10.9. The van der Waals surface area contributed by atoms with Crippen molar-refractivity contribution >= 4 is 45.0 Å². The van der Waals surface area contributed by atoms with Crippen LogP contribution in [0.5, 0.6) is 0 Å². The average Bonchev–Trinajstić information content (AvgIpc) is 3.04. The number of hydrogen-bond donors (Lipinski definition) is 2. The van der Waals surface area contributed by atoms with E-state index in [2.05, 4.69) is 35.7 Å². The fourth-order valence-electron chi connectivity index (χ4n) is 4.28. The molecule has 2 aliphatic rings. The van der Waals surface area contributed by atoms with Gasteiger partial charge in [0.05, 0.1) is 21.7 Å². The first-order valence-corrected chi connectivity index (χ1v) is 19.6. The van der Waals surface area contributed by atoms with E-state index in [9.17, 15) is 30.8 Å². The Balaban J connectivity index is 0.000000758. The van der Waals surface area contributed by atoms with Crippen LogP contribution < -0.4 is 10.0 Å². The Morgan fingerprint density at radius 2 is 1.69 bits per heavy atom. The molecule has 0 aliphatic carbocycles. The number of nitrogens with one attached hydrogen (secondary N) is 2. The number of hydrogen-bond acceptors (Lipinski definition) is 8. The van der Waals surface area contributed by atoms with Crippen molar-refractivity contribution in [2.75, 3.05) is 44.4 Å². The molecule has 0 spiro atoms. The molecule has 0 saturated carbocycles. The van der Waals surface area contributed by atoms with Gasteiger partial charge in [-0.2, -0.15) is 8.78 Å². The highest BCUT2D eigenvalue weighted by Gasteiger charge is 2.38. The summed E-state index contributed by atoms with van der Waals surface area (Å²) < 4.78 is 85.8. The van der Waals surface area contributed by atoms with E-state index in [1.165, 1.54) is 18.6 Å². The number of carbonyl (C=O) groups excluding carboxylic acids is 1. The average molecular weight is 760 g/mol. The van der Waals surface area contributed by atoms with Crippen LogP contribution in [0, 0.1) is 11.6 Å². The van der Waals surface area contributed by atoms with Gasteiger partial charge in [-0.15, -0.1) is 11.8 Å². The number of thioether (sulfide) groups is 1. The highest BCUT2D eigenvalue weighted by Crippen LogP contribution is 2.30. The number of nitrogens with zero attached hydrogens (tertiary/aromatic N) is 1. The third-order valence-electron chi connectivity index (χ3n) is 6.66. The van der Waals surface area contributed by atoms with Crippen LogP contribution in [-0.4, -0.2) is 76.6 Å². The highest BCUT2D eigenvalue weighted by atomic mass is 35.5. The van der Waals surface area contributed by atoms with Gasteiger partial charge in [-0.3, -0.25) is 9.69 Å². The molecule has 1 amide bonds. The van der Waals surface area contributed by atoms with Crippen molar-refractivity contribution < 1.29 is 40.2 Å². The van der Waals surface area contributed by atoms with Crippen LogP contribution >= 0.6 is 23.4 Å². The number of benzene rings is 2. The van der Waals surface area contributed by atoms with Crippen LogP contribution in [0.2, 0.25) is 5.02 Å². The minimum Gasteiger partial charge on any atom is -0.382 e. The second-order valence-corrected chi connectivity index (χ2v) is 13.9. The molecule has 0 aromatic heterocycles. The maximum atomic E-state index is 14.0. The molecule has 2 aromatic rings. The normalized spacial score (nSPS) is 17.3. The molecule has 0 bridgehead atoms. The number of alkyl halides is 2. The van der Waals surface area contributed by atoms with E-state index in [-0.39, 0.29) is 22.6 Å². The predicted molar refractivity (Wildman–Crippen MR) is 192 cm³/mol. The Morgan fingerprint density at radius 1 is 1.10 bits per heavy atom. The van der Waals surface area contributed by atoms with E-state index in [0.717, 1.165) is 42.8 Å². The molecule has 8 nitrogen and oxygen atoms in total. The van der Waals surface area contributed by atoms with Gasteiger partial charge in [0.1, 0.15) is 17.2 Å². The highest BCUT2D eigenvalue weighted by molar-refractivity contribution is 7.98. The van der Waals surface area contributed by atoms with Gasteiger partial charge in [0.25, 0.3) is 15.9 Å². The molecule has 4 rings (SSSR count). The number of sulfonamides is 1. The van der Waals surface area contributed by atoms with Crippen molar-refractivity contribution in [1.29, 1.82) is 0 Å². The van der Waals surface area contributed by atoms with Crippen LogP contribution in [0.3, 0.4) is 0 Å². The summed E-state index contributed by atoms with van der Waals surface area (Å²) in [7, 11) is -4.26. The molecular formula is C34H54ClF4N3O5S2. The van der Waals surface area contributed by atoms with Crippen molar-refractivity contribution in [3.63, 3.8) is 0 Å². The van der Waals surface area contributed by atoms with Gasteiger partial charge in [-0.05, 0) is 88.7 Å². The zero-order chi connectivity index (χ0) is 37.6. The molecule has 49 heavy (non-hydrogen) atoms. The van der Waals surface area contributed by atoms with Crippen molar-refractivity contribution in [2.45, 2.75) is 109 Å². The zero-order valence-electron chi connectivity index (χ0n) is 29.9. The molecule has 2 heterocycles. The first kappa shape index (κ1) is 46.9. The van der Waals surface area contributed by atoms with E-state index in [0.29, 0.717) is 32.7 Å². The molecule has 2 aliphatic heterocycles. The molecular weight excluding hydrogens is 706 g/mol. The number of halogens is 5. The largest absolute Gasteiger partial charge is 0.382 e. The molecule has 2 N–H and O–H groups in total. The van der Waals surface area contributed by atoms with Crippen LogP contribution in [-0.2, 0) is 24.3 Å². The SMILES string of the molecule is CC.CCC.CCCN1CC(OC(F)F)C1.CCNc1c(F)cc(S(=O)(=O)NC(=O)C2(C)CCCCO2)cc1Cl.CSc1ccc(F)cc1. The third kappa shape index (κ3) is 17.6. The monoisotopic (exact) mass is 759 g/mol. The standard InChI is InChI=1S/C15H20ClFN2O4S.C7H13F2NO.C7H7FS.C3H8.C2H6/c1-3-18-13-11(16)8-10(9-12(13)17)24(21,22)19-14(20)15(2)6-4-5-7-23-15;1-2-3-10-4-6(5-10)11-7(8)9;1-9-7-4-2-6(8)3-5-7;1-3-2;1-2/h8-9,18H,3-7H2,1-2H3,(H,19,20);6-7H,2-5H2,1H3;2-5H,1H3;3H2,1-2H3;1-2H3. The van der Waals surface area contributed by atoms with E-state index in [1.54, 1.807) is 37.7 Å². The van der Waals surface area contributed by atoms with Crippen molar-refractivity contribution in [3.05, 3.63) is 53.1 Å². The summed E-state index contributed by atoms with van der Waals surface area (Å²) in [5.74, 6) is -1.75. The van der Waals surface area contributed by atoms with E-state index in [4.69, 9.17) is 16.3 Å². The van der Waals surface area contributed by atoms with Crippen molar-refractivity contribution in [1.82, 2.24) is 9.62 Å². The lowest BCUT2D eigenvalue weighted by Gasteiger charge is -2.38. The van der Waals surface area contributed by atoms with Gasteiger partial charge in [0.15, 0.2) is 0 Å². The first-order valence-electron chi connectivity index (χ1n) is 16.6. The lowest BCUT2D eigenvalue weighted by Crippen LogP contribution is -2.52. The minimum atomic E-state index is -4.26. The maximum absolute atomic E-state index is 14.0. The van der Waals surface area contributed by atoms with Crippen molar-refractivity contribution in [2.24, 2.45) is 0 Å². The summed E-state index contributed by atoms with van der Waals surface area (Å²) in [5.41, 5.74) is -1.19. The van der Waals surface area contributed by atoms with Crippen molar-refractivity contribution in [3.8, 4) is 0 Å². The van der Waals surface area contributed by atoms with Gasteiger partial charge in [0, 0.05) is 31.1 Å². The zero-order valence-corrected chi connectivity index (χ0v) is 32.3. The molecule has 2 aromatic carbocycles. The second kappa shape index (κ2) is 25.0. The minimum absolute atomic E-state index is 0.0204. The molecule has 15 heteroatoms. The van der Waals surface area contributed by atoms with Gasteiger partial charge in [-0.1, -0.05) is 52.6 Å². The van der Waals surface area contributed by atoms with Gasteiger partial charge in [0.2, 0.25) is 0 Å². The Morgan fingerprint density at radius 3 is 2.14 bits per heavy atom. The smallest absolute Gasteiger partial charge is 0.345 e. The van der Waals surface area contributed by atoms with Crippen LogP contribution in [0.15, 0.2) is 46.2 Å². The number of anilines is 1. The molecule has 1 atom stereocenters. The van der Waals surface area contributed by atoms with Gasteiger partial charge >= 0.3 is 6.61 Å². The Hall–Kier alpha value is -2.10. The number of likely N-dealkylation sites (tertiary alicyclic amines) is 1. The van der Waals surface area contributed by atoms with E-state index < -0.39 is 38.9 Å². The van der Waals surface area contributed by atoms with Crippen LogP contribution in [0.25, 0.3) is 0 Å². The van der Waals surface area contributed by atoms with E-state index in [1.807, 2.05) is 24.8 Å². The fraction of sp³-hybridized carbons (Fsp3) is 0.618. The quantitative estimate of drug-likeness (QED) is 0.183. The molecule has 282 valence electrons. The van der Waals surface area contributed by atoms with E-state index >= 15 is 0 Å². The van der Waals surface area contributed by atoms with Gasteiger partial charge in [-0.25, -0.2) is 21.9 Å². The number of ether oxygens (including phenoxy) is 2. The first-order chi connectivity index (χ1) is 23.2. The predicted octanol–water partition coefficient (Wildman–Crippen LogP) is 8.98. The fourth-order valence-corrected chi connectivity index (χ4v) is 6.13. The molecule has 2 saturated heterocycles. The molecule has 1 unspecified atom stereocenters. The number of amides is 1. The summed E-state index contributed by atoms with van der Waals surface area (Å²) in [6.45, 7) is 14.1. The topological polar surface area (TPSA) is 97.0 Å². The Bertz CT molecular complexity index is 1290. The summed E-state index contributed by atoms with van der Waals surface area (Å²) >= 11 is 7.54. The Labute approximate surface area is 300 Å². The summed E-state index contributed by atoms with van der Waals surface area (Å²) in [4.78, 5) is 15.1.